The molecule has 3 aromatic rings. The second-order valence-corrected chi connectivity index (χ2v) is 13.3. The molecule has 0 unspecified atom stereocenters. The number of nitrogens with two attached hydrogens (primary N) is 1. The van der Waals surface area contributed by atoms with Crippen LogP contribution in [0.1, 0.15) is 39.9 Å². The van der Waals surface area contributed by atoms with Crippen molar-refractivity contribution in [3.8, 4) is 0 Å². The number of nitrogens with zero attached hydrogens (tertiary/aromatic N) is 5. The molecule has 4 heterocycles. The molecular formula is C35H37ClF3N7O6. The van der Waals surface area contributed by atoms with Gasteiger partial charge in [-0.05, 0) is 60.7 Å². The predicted molar refractivity (Wildman–Crippen MR) is 185 cm³/mol. The van der Waals surface area contributed by atoms with Crippen LogP contribution in [0.4, 0.5) is 40.0 Å². The number of carbonyl (C=O) groups is 4. The number of pyridine rings is 1. The highest BCUT2D eigenvalue weighted by atomic mass is 35.5. The molecule has 17 heteroatoms. The van der Waals surface area contributed by atoms with E-state index < -0.39 is 47.9 Å². The summed E-state index contributed by atoms with van der Waals surface area (Å²) < 4.78 is 47.2. The number of piperazine rings is 1. The molecule has 0 spiro atoms. The van der Waals surface area contributed by atoms with Crippen molar-refractivity contribution in [2.24, 2.45) is 0 Å². The van der Waals surface area contributed by atoms with Gasteiger partial charge >= 0.3 is 24.3 Å². The summed E-state index contributed by atoms with van der Waals surface area (Å²) in [5, 5.41) is 11.8. The summed E-state index contributed by atoms with van der Waals surface area (Å²) in [6.45, 7) is 1.98. The lowest BCUT2D eigenvalue weighted by Crippen LogP contribution is -2.54. The molecule has 2 aromatic carbocycles. The summed E-state index contributed by atoms with van der Waals surface area (Å²) in [7, 11) is 0. The standard InChI is InChI=1S/C35H37ClF3N7O6/c36-26-18-21(17-25(30(26)40)35(37,38)39)19-28(31(47)44-15-13-43(14-16-44)29-6-5-23(20-41-29)32(48)49)52-34(51)45-10-8-24(9-11-45)46-12-7-22-3-1-2-4-27(22)42-33(46)50/h1-6,17-18,20,24,28H,7-16,19,40H2,(H,42,50)(H,48,49)/t28-/m1/s1. The van der Waals surface area contributed by atoms with E-state index in [-0.39, 0.29) is 54.4 Å². The van der Waals surface area contributed by atoms with E-state index in [9.17, 15) is 32.3 Å². The minimum Gasteiger partial charge on any atom is -0.478 e. The lowest BCUT2D eigenvalue weighted by Gasteiger charge is -2.39. The number of carboxylic acid groups (broad SMARTS) is 1. The average Bonchev–Trinajstić information content (AvgIpc) is 3.30. The Morgan fingerprint density at radius 3 is 2.37 bits per heavy atom. The van der Waals surface area contributed by atoms with Gasteiger partial charge in [-0.15, -0.1) is 0 Å². The maximum atomic E-state index is 13.9. The van der Waals surface area contributed by atoms with Gasteiger partial charge in [0.25, 0.3) is 5.91 Å². The number of urea groups is 1. The average molecular weight is 744 g/mol. The summed E-state index contributed by atoms with van der Waals surface area (Å²) in [6, 6.07) is 12.3. The highest BCUT2D eigenvalue weighted by Crippen LogP contribution is 2.38. The van der Waals surface area contributed by atoms with E-state index in [1.807, 2.05) is 29.2 Å². The Bertz CT molecular complexity index is 1830. The van der Waals surface area contributed by atoms with Crippen LogP contribution in [0, 0.1) is 0 Å². The number of anilines is 3. The molecule has 6 rings (SSSR count). The smallest absolute Gasteiger partial charge is 0.418 e. The zero-order valence-corrected chi connectivity index (χ0v) is 28.7. The highest BCUT2D eigenvalue weighted by Gasteiger charge is 2.38. The monoisotopic (exact) mass is 743 g/mol. The van der Waals surface area contributed by atoms with E-state index in [2.05, 4.69) is 10.3 Å². The zero-order valence-electron chi connectivity index (χ0n) is 27.9. The van der Waals surface area contributed by atoms with Gasteiger partial charge in [0.1, 0.15) is 5.82 Å². The number of carbonyl (C=O) groups excluding carboxylic acids is 3. The highest BCUT2D eigenvalue weighted by molar-refractivity contribution is 6.33. The molecule has 2 fully saturated rings. The third-order valence-electron chi connectivity index (χ3n) is 9.65. The minimum absolute atomic E-state index is 0.00547. The number of piperidine rings is 1. The number of alkyl halides is 3. The molecule has 0 bridgehead atoms. The Balaban J connectivity index is 1.13. The number of carboxylic acids is 1. The molecule has 276 valence electrons. The number of nitrogen functional groups attached to an aromatic ring is 1. The molecular weight excluding hydrogens is 707 g/mol. The zero-order chi connectivity index (χ0) is 37.2. The third-order valence-corrected chi connectivity index (χ3v) is 9.96. The van der Waals surface area contributed by atoms with Gasteiger partial charge in [0, 0.05) is 70.2 Å². The van der Waals surface area contributed by atoms with Crippen molar-refractivity contribution in [3.05, 3.63) is 82.0 Å². The van der Waals surface area contributed by atoms with Crippen LogP contribution >= 0.6 is 11.6 Å². The van der Waals surface area contributed by atoms with Crippen LogP contribution in [0.3, 0.4) is 0 Å². The third kappa shape index (κ3) is 8.11. The van der Waals surface area contributed by atoms with Crippen LogP contribution < -0.4 is 16.0 Å². The largest absolute Gasteiger partial charge is 0.478 e. The molecule has 1 aromatic heterocycles. The molecule has 0 aliphatic carbocycles. The first-order valence-electron chi connectivity index (χ1n) is 16.8. The lowest BCUT2D eigenvalue weighted by atomic mass is 10.0. The van der Waals surface area contributed by atoms with Crippen molar-refractivity contribution in [2.75, 3.05) is 61.8 Å². The number of ether oxygens (including phenoxy) is 1. The normalized spacial score (nSPS) is 17.6. The van der Waals surface area contributed by atoms with Gasteiger partial charge < -0.3 is 40.5 Å². The van der Waals surface area contributed by atoms with E-state index >= 15 is 0 Å². The number of benzene rings is 2. The summed E-state index contributed by atoms with van der Waals surface area (Å²) in [4.78, 5) is 62.5. The van der Waals surface area contributed by atoms with Crippen LogP contribution in [0.25, 0.3) is 0 Å². The Labute approximate surface area is 302 Å². The Morgan fingerprint density at radius 2 is 1.71 bits per heavy atom. The van der Waals surface area contributed by atoms with Crippen LogP contribution in [-0.2, 0) is 28.5 Å². The Hall–Kier alpha value is -5.25. The number of fused-ring (bicyclic) bond motifs is 1. The van der Waals surface area contributed by atoms with Crippen molar-refractivity contribution < 1.29 is 42.2 Å². The van der Waals surface area contributed by atoms with Crippen LogP contribution in [0.15, 0.2) is 54.7 Å². The number of para-hydroxylation sites is 1. The molecule has 0 saturated carbocycles. The molecule has 0 radical (unpaired) electrons. The van der Waals surface area contributed by atoms with E-state index in [0.717, 1.165) is 17.3 Å². The minimum atomic E-state index is -4.82. The number of likely N-dealkylation sites (tertiary alicyclic amines) is 1. The van der Waals surface area contributed by atoms with Crippen molar-refractivity contribution in [2.45, 2.75) is 44.0 Å². The van der Waals surface area contributed by atoms with Gasteiger partial charge in [-0.2, -0.15) is 13.2 Å². The van der Waals surface area contributed by atoms with E-state index in [1.54, 1.807) is 11.0 Å². The van der Waals surface area contributed by atoms with E-state index in [1.165, 1.54) is 28.1 Å². The second-order valence-electron chi connectivity index (χ2n) is 12.9. The number of aromatic carboxylic acids is 1. The fourth-order valence-electron chi connectivity index (χ4n) is 6.77. The van der Waals surface area contributed by atoms with Gasteiger partial charge in [0.05, 0.1) is 21.8 Å². The summed E-state index contributed by atoms with van der Waals surface area (Å²) in [6.07, 6.45) is -4.66. The number of nitrogens with one attached hydrogen (secondary N) is 1. The number of hydrogen-bond donors (Lipinski definition) is 3. The molecule has 1 atom stereocenters. The quantitative estimate of drug-likeness (QED) is 0.284. The summed E-state index contributed by atoms with van der Waals surface area (Å²) in [5.41, 5.74) is 5.65. The molecule has 4 N–H and O–H groups in total. The van der Waals surface area contributed by atoms with E-state index in [0.29, 0.717) is 44.7 Å². The van der Waals surface area contributed by atoms with Crippen molar-refractivity contribution in [3.63, 3.8) is 0 Å². The molecule has 3 aliphatic rings. The number of halogens is 4. The van der Waals surface area contributed by atoms with Crippen LogP contribution in [-0.4, -0.2) is 107 Å². The first kappa shape index (κ1) is 36.5. The Kier molecular flexibility index (Phi) is 10.6. The van der Waals surface area contributed by atoms with E-state index in [4.69, 9.17) is 27.2 Å². The molecule has 3 aliphatic heterocycles. The topological polar surface area (TPSA) is 162 Å². The number of aromatic nitrogens is 1. The predicted octanol–water partition coefficient (Wildman–Crippen LogP) is 4.99. The number of hydrogen-bond acceptors (Lipinski definition) is 8. The van der Waals surface area contributed by atoms with Crippen molar-refractivity contribution in [1.29, 1.82) is 0 Å². The molecule has 52 heavy (non-hydrogen) atoms. The number of rotatable bonds is 7. The first-order chi connectivity index (χ1) is 24.8. The van der Waals surface area contributed by atoms with Crippen LogP contribution in [0.2, 0.25) is 5.02 Å². The maximum absolute atomic E-state index is 13.9. The number of amides is 4. The molecule has 4 amide bonds. The maximum Gasteiger partial charge on any atom is 0.418 e. The lowest BCUT2D eigenvalue weighted by molar-refractivity contribution is -0.141. The first-order valence-corrected chi connectivity index (χ1v) is 17.2. The second kappa shape index (κ2) is 15.2. The summed E-state index contributed by atoms with van der Waals surface area (Å²) >= 11 is 6.08. The van der Waals surface area contributed by atoms with Gasteiger partial charge in [0.15, 0.2) is 6.10 Å². The fourth-order valence-corrected chi connectivity index (χ4v) is 7.02. The Morgan fingerprint density at radius 1 is 1.00 bits per heavy atom. The fraction of sp³-hybridized carbons (Fsp3) is 0.400. The van der Waals surface area contributed by atoms with Crippen molar-refractivity contribution >= 4 is 52.8 Å². The van der Waals surface area contributed by atoms with Gasteiger partial charge in [-0.25, -0.2) is 19.4 Å². The van der Waals surface area contributed by atoms with Gasteiger partial charge in [-0.3, -0.25) is 4.79 Å². The molecule has 2 saturated heterocycles. The SMILES string of the molecule is Nc1c(Cl)cc(C[C@@H](OC(=O)N2CCC(N3CCc4ccccc4NC3=O)CC2)C(=O)N2CCN(c3ccc(C(=O)O)cn3)CC2)cc1C(F)(F)F. The van der Waals surface area contributed by atoms with Gasteiger partial charge in [-0.1, -0.05) is 29.8 Å². The van der Waals surface area contributed by atoms with Gasteiger partial charge in [0.2, 0.25) is 0 Å². The molecule has 13 nitrogen and oxygen atoms in total. The van der Waals surface area contributed by atoms with Crippen LogP contribution in [0.5, 0.6) is 0 Å². The van der Waals surface area contributed by atoms with Crippen molar-refractivity contribution in [1.82, 2.24) is 19.7 Å². The summed E-state index contributed by atoms with van der Waals surface area (Å²) in [5.74, 6) is -1.19.